The molecule has 0 saturated carbocycles. The van der Waals surface area contributed by atoms with Crippen molar-refractivity contribution in [3.8, 4) is 50.2 Å². The minimum atomic E-state index is -0.384. The molecule has 0 saturated heterocycles. The van der Waals surface area contributed by atoms with E-state index < -0.39 is 0 Å². The van der Waals surface area contributed by atoms with Crippen LogP contribution in [0.2, 0.25) is 0 Å². The minimum Gasteiger partial charge on any atom is -0.455 e. The highest BCUT2D eigenvalue weighted by molar-refractivity contribution is 6.22. The van der Waals surface area contributed by atoms with Gasteiger partial charge in [0.1, 0.15) is 22.3 Å². The normalized spacial score (nSPS) is 14.9. The molecule has 3 aromatic heterocycles. The van der Waals surface area contributed by atoms with Crippen LogP contribution < -0.4 is 4.90 Å². The lowest BCUT2D eigenvalue weighted by Crippen LogP contribution is -2.24. The summed E-state index contributed by atoms with van der Waals surface area (Å²) >= 11 is 0. The topological polar surface area (TPSA) is 34.5 Å². The second kappa shape index (κ2) is 16.2. The molecule has 0 amide bonds. The maximum atomic E-state index is 7.09. The van der Waals surface area contributed by atoms with Gasteiger partial charge in [0.05, 0.1) is 16.7 Å². The molecule has 0 fully saturated rings. The van der Waals surface area contributed by atoms with Gasteiger partial charge in [-0.2, -0.15) is 0 Å². The average Bonchev–Trinajstić information content (AvgIpc) is 2.44. The Bertz CT molecular complexity index is 5360. The lowest BCUT2D eigenvalue weighted by atomic mass is 9.72. The van der Waals surface area contributed by atoms with E-state index in [4.69, 9.17) is 8.83 Å². The third kappa shape index (κ3) is 6.04. The van der Waals surface area contributed by atoms with E-state index in [1.54, 1.807) is 0 Å². The van der Waals surface area contributed by atoms with E-state index in [2.05, 4.69) is 282 Å². The van der Waals surface area contributed by atoms with Crippen molar-refractivity contribution in [1.82, 2.24) is 4.57 Å². The first-order valence-electron chi connectivity index (χ1n) is 29.2. The third-order valence-electron chi connectivity index (χ3n) is 19.7. The molecular weight excluding hydrogens is 1010 g/mol. The molecule has 3 heterocycles. The fraction of sp³-hybridized carbons (Fsp3) is 0.114. The van der Waals surface area contributed by atoms with Crippen LogP contribution >= 0.6 is 0 Å². The van der Waals surface area contributed by atoms with Gasteiger partial charge in [-0.25, -0.2) is 0 Å². The predicted molar refractivity (Wildman–Crippen MR) is 346 cm³/mol. The summed E-state index contributed by atoms with van der Waals surface area (Å²) in [6.45, 7) is 14.6. The summed E-state index contributed by atoms with van der Waals surface area (Å²) in [5.41, 5.74) is 27.5. The number of anilines is 3. The number of rotatable bonds is 5. The summed E-state index contributed by atoms with van der Waals surface area (Å²) in [4.78, 5) is 2.53. The third-order valence-corrected chi connectivity index (χ3v) is 19.7. The van der Waals surface area contributed by atoms with E-state index in [0.717, 1.165) is 67.0 Å². The fourth-order valence-electron chi connectivity index (χ4n) is 15.9. The van der Waals surface area contributed by atoms with Crippen LogP contribution in [0.25, 0.3) is 127 Å². The molecule has 83 heavy (non-hydrogen) atoms. The highest BCUT2D eigenvalue weighted by Gasteiger charge is 2.49. The first-order chi connectivity index (χ1) is 40.5. The van der Waals surface area contributed by atoms with Crippen LogP contribution in [-0.2, 0) is 16.2 Å². The number of benzene rings is 12. The number of fused-ring (bicyclic) bond motifs is 23. The largest absolute Gasteiger partial charge is 0.455 e. The molecule has 0 bridgehead atoms. The molecule has 0 N–H and O–H groups in total. The van der Waals surface area contributed by atoms with Gasteiger partial charge in [0.15, 0.2) is 0 Å². The minimum absolute atomic E-state index is 0.248. The molecule has 0 radical (unpaired) electrons. The van der Waals surface area contributed by atoms with E-state index in [-0.39, 0.29) is 16.2 Å². The Morgan fingerprint density at radius 3 is 1.66 bits per heavy atom. The van der Waals surface area contributed by atoms with Crippen LogP contribution in [0.1, 0.15) is 74.9 Å². The Labute approximate surface area is 481 Å². The second-order valence-corrected chi connectivity index (χ2v) is 25.1. The molecule has 4 nitrogen and oxygen atoms in total. The monoisotopic (exact) mass is 1060 g/mol. The molecule has 3 aliphatic rings. The van der Waals surface area contributed by atoms with Crippen molar-refractivity contribution in [2.24, 2.45) is 0 Å². The molecular formula is C79H56N2O2. The van der Waals surface area contributed by atoms with Crippen molar-refractivity contribution in [2.45, 2.75) is 57.8 Å². The maximum Gasteiger partial charge on any atom is 0.144 e. The molecule has 4 heteroatoms. The zero-order chi connectivity index (χ0) is 55.4. The highest BCUT2D eigenvalue weighted by atomic mass is 16.3. The van der Waals surface area contributed by atoms with Crippen LogP contribution in [-0.4, -0.2) is 4.57 Å². The first-order valence-corrected chi connectivity index (χ1v) is 29.2. The van der Waals surface area contributed by atoms with Crippen LogP contribution in [0.3, 0.4) is 0 Å². The summed E-state index contributed by atoms with van der Waals surface area (Å²) in [7, 11) is 0. The highest BCUT2D eigenvalue weighted by Crippen LogP contribution is 2.64. The van der Waals surface area contributed by atoms with Gasteiger partial charge in [0.2, 0.25) is 0 Å². The predicted octanol–water partition coefficient (Wildman–Crippen LogP) is 21.8. The molecule has 15 aromatic rings. The van der Waals surface area contributed by atoms with Crippen LogP contribution in [0.5, 0.6) is 0 Å². The van der Waals surface area contributed by atoms with E-state index in [1.807, 2.05) is 0 Å². The number of para-hydroxylation sites is 4. The lowest BCUT2D eigenvalue weighted by Gasteiger charge is -2.32. The lowest BCUT2D eigenvalue weighted by molar-refractivity contribution is 0.600. The molecule has 12 aromatic carbocycles. The summed E-state index contributed by atoms with van der Waals surface area (Å²) in [5, 5.41) is 9.52. The van der Waals surface area contributed by atoms with Crippen LogP contribution in [0.15, 0.2) is 239 Å². The number of nitrogens with zero attached hydrogens (tertiary/aromatic N) is 2. The van der Waals surface area contributed by atoms with Crippen LogP contribution in [0.4, 0.5) is 17.1 Å². The van der Waals surface area contributed by atoms with E-state index in [1.165, 1.54) is 110 Å². The van der Waals surface area contributed by atoms with E-state index in [9.17, 15) is 0 Å². The summed E-state index contributed by atoms with van der Waals surface area (Å²) < 4.78 is 16.5. The Morgan fingerprint density at radius 2 is 0.904 bits per heavy atom. The molecule has 0 spiro atoms. The quantitative estimate of drug-likeness (QED) is 0.172. The Hall–Kier alpha value is -9.90. The Morgan fingerprint density at radius 1 is 0.349 bits per heavy atom. The van der Waals surface area contributed by atoms with Gasteiger partial charge in [0.25, 0.3) is 0 Å². The molecule has 3 aliphatic carbocycles. The summed E-state index contributed by atoms with van der Waals surface area (Å²) in [6, 6.07) is 85.4. The van der Waals surface area contributed by atoms with Gasteiger partial charge < -0.3 is 18.3 Å². The van der Waals surface area contributed by atoms with Gasteiger partial charge >= 0.3 is 0 Å². The molecule has 18 rings (SSSR count). The average molecular weight is 1070 g/mol. The Balaban J connectivity index is 0.843. The summed E-state index contributed by atoms with van der Waals surface area (Å²) in [5.74, 6) is 0. The van der Waals surface area contributed by atoms with Gasteiger partial charge in [-0.3, -0.25) is 0 Å². The number of furan rings is 2. The standard InChI is InChI=1S/C79H56N2O2/c1-77(2)60-42-48(36-38-53(60)68-62(77)44-57(75-70(68)55-28-14-18-33-66(55)82-75)46-35-40-65-58(41-46)51-26-13-17-31-64(51)81(65)47-23-8-7-9-24-47)80(63-32-20-22-45-21-10-11-25-50(45)63)49-37-39-54-61(43-49)79(5,6)73-69(54)71-56-29-15-19-34-67(56)83-76(71)72-52-27-12-16-30-59(52)78(3,4)74(72)73/h7-44H,1-6H3. The van der Waals surface area contributed by atoms with Crippen molar-refractivity contribution in [2.75, 3.05) is 4.90 Å². The van der Waals surface area contributed by atoms with Crippen molar-refractivity contribution in [3.05, 3.63) is 264 Å². The molecule has 0 aliphatic heterocycles. The Kier molecular flexibility index (Phi) is 9.12. The second-order valence-electron chi connectivity index (χ2n) is 25.1. The van der Waals surface area contributed by atoms with Crippen molar-refractivity contribution in [1.29, 1.82) is 0 Å². The van der Waals surface area contributed by atoms with Gasteiger partial charge in [0, 0.05) is 82.1 Å². The van der Waals surface area contributed by atoms with Gasteiger partial charge in [-0.15, -0.1) is 0 Å². The zero-order valence-corrected chi connectivity index (χ0v) is 47.2. The van der Waals surface area contributed by atoms with Gasteiger partial charge in [-0.05, 0) is 151 Å². The first kappa shape index (κ1) is 46.8. The SMILES string of the molecule is CC1(C)c2cc(N(c3ccc4c(c3)C(C)(C)c3c5c(c6oc7ccccc7c6c3-4)-c3ccccc3C5(C)C)c3cccc4ccccc34)ccc2-c2c1cc(-c1ccc3c(c1)c1ccccc1n3-c1ccccc1)c1oc3ccccc3c21. The maximum absolute atomic E-state index is 7.09. The number of aromatic nitrogens is 1. The van der Waals surface area contributed by atoms with E-state index in [0.29, 0.717) is 0 Å². The number of hydrogen-bond acceptors (Lipinski definition) is 3. The van der Waals surface area contributed by atoms with Crippen molar-refractivity contribution >= 4 is 93.5 Å². The zero-order valence-electron chi connectivity index (χ0n) is 47.2. The van der Waals surface area contributed by atoms with Gasteiger partial charge in [-0.1, -0.05) is 193 Å². The van der Waals surface area contributed by atoms with Crippen LogP contribution in [0, 0.1) is 0 Å². The number of hydrogen-bond donors (Lipinski definition) is 0. The molecule has 394 valence electrons. The van der Waals surface area contributed by atoms with Crippen molar-refractivity contribution in [3.63, 3.8) is 0 Å². The fourth-order valence-corrected chi connectivity index (χ4v) is 15.9. The smallest absolute Gasteiger partial charge is 0.144 e. The summed E-state index contributed by atoms with van der Waals surface area (Å²) in [6.07, 6.45) is 0. The molecule has 0 unspecified atom stereocenters. The van der Waals surface area contributed by atoms with Crippen molar-refractivity contribution < 1.29 is 8.83 Å². The molecule has 0 atom stereocenters. The van der Waals surface area contributed by atoms with E-state index >= 15 is 0 Å².